The highest BCUT2D eigenvalue weighted by Gasteiger charge is 2.43. The molecule has 2 aliphatic carbocycles. The minimum Gasteiger partial charge on any atom is -0.493 e. The molecule has 3 rings (SSSR count). The van der Waals surface area contributed by atoms with Crippen molar-refractivity contribution in [1.82, 2.24) is 0 Å². The summed E-state index contributed by atoms with van der Waals surface area (Å²) in [5, 5.41) is 9.70. The van der Waals surface area contributed by atoms with E-state index in [1.807, 2.05) is 18.2 Å². The van der Waals surface area contributed by atoms with Crippen LogP contribution in [0, 0.1) is 0 Å². The van der Waals surface area contributed by atoms with Crippen molar-refractivity contribution in [3.8, 4) is 11.5 Å². The summed E-state index contributed by atoms with van der Waals surface area (Å²) < 4.78 is 11.3. The lowest BCUT2D eigenvalue weighted by atomic mass is 9.79. The molecule has 114 valence electrons. The minimum atomic E-state index is -0.746. The van der Waals surface area contributed by atoms with Crippen LogP contribution in [0.4, 0.5) is 0 Å². The Labute approximate surface area is 125 Å². The van der Waals surface area contributed by atoms with Crippen molar-refractivity contribution in [2.45, 2.75) is 56.5 Å². The third-order valence-electron chi connectivity index (χ3n) is 4.93. The largest absolute Gasteiger partial charge is 0.493 e. The Kier molecular flexibility index (Phi) is 3.79. The lowest BCUT2D eigenvalue weighted by Crippen LogP contribution is -2.32. The molecule has 2 aliphatic rings. The summed E-state index contributed by atoms with van der Waals surface area (Å²) in [5.41, 5.74) is 0.104. The molecule has 0 aliphatic heterocycles. The Hall–Kier alpha value is -1.71. The van der Waals surface area contributed by atoms with Crippen LogP contribution in [0.1, 0.15) is 50.5 Å². The standard InChI is InChI=1S/C17H22O4/c1-20-14-8-7-12(11-15(14)21-13-5-4-6-13)17(16(18)19)9-2-3-10-17/h7-8,11,13H,2-6,9-10H2,1H3,(H,18,19). The molecule has 1 N–H and O–H groups in total. The molecule has 0 spiro atoms. The lowest BCUT2D eigenvalue weighted by molar-refractivity contribution is -0.143. The molecule has 1 aromatic carbocycles. The van der Waals surface area contributed by atoms with Gasteiger partial charge in [0.05, 0.1) is 18.6 Å². The van der Waals surface area contributed by atoms with Gasteiger partial charge in [0.1, 0.15) is 0 Å². The Bertz CT molecular complexity index is 528. The fourth-order valence-corrected chi connectivity index (χ4v) is 3.34. The van der Waals surface area contributed by atoms with E-state index in [1.165, 1.54) is 6.42 Å². The normalized spacial score (nSPS) is 20.8. The lowest BCUT2D eigenvalue weighted by Gasteiger charge is -2.29. The second kappa shape index (κ2) is 5.58. The first kappa shape index (κ1) is 14.2. The van der Waals surface area contributed by atoms with E-state index in [9.17, 15) is 9.90 Å². The van der Waals surface area contributed by atoms with Crippen molar-refractivity contribution in [2.75, 3.05) is 7.11 Å². The molecule has 0 amide bonds. The van der Waals surface area contributed by atoms with Crippen LogP contribution in [-0.4, -0.2) is 24.3 Å². The zero-order valence-electron chi connectivity index (χ0n) is 12.4. The second-order valence-electron chi connectivity index (χ2n) is 6.13. The first-order valence-electron chi connectivity index (χ1n) is 7.74. The molecule has 0 heterocycles. The molecular weight excluding hydrogens is 268 g/mol. The van der Waals surface area contributed by atoms with Crippen LogP contribution in [0.3, 0.4) is 0 Å². The Morgan fingerprint density at radius 1 is 1.19 bits per heavy atom. The SMILES string of the molecule is COc1ccc(C2(C(=O)O)CCCC2)cc1OC1CCC1. The molecule has 2 saturated carbocycles. The van der Waals surface area contributed by atoms with Crippen LogP contribution in [-0.2, 0) is 10.2 Å². The van der Waals surface area contributed by atoms with Gasteiger partial charge in [-0.25, -0.2) is 0 Å². The van der Waals surface area contributed by atoms with Crippen LogP contribution in [0.15, 0.2) is 18.2 Å². The van der Waals surface area contributed by atoms with Crippen molar-refractivity contribution in [3.63, 3.8) is 0 Å². The summed E-state index contributed by atoms with van der Waals surface area (Å²) >= 11 is 0. The summed E-state index contributed by atoms with van der Waals surface area (Å²) in [5.74, 6) is 0.649. The van der Waals surface area contributed by atoms with Gasteiger partial charge in [-0.2, -0.15) is 0 Å². The maximum absolute atomic E-state index is 11.8. The van der Waals surface area contributed by atoms with Gasteiger partial charge in [-0.15, -0.1) is 0 Å². The van der Waals surface area contributed by atoms with Gasteiger partial charge in [0, 0.05) is 0 Å². The molecule has 0 unspecified atom stereocenters. The maximum atomic E-state index is 11.8. The van der Waals surface area contributed by atoms with Crippen LogP contribution in [0.25, 0.3) is 0 Å². The Balaban J connectivity index is 1.94. The van der Waals surface area contributed by atoms with Gasteiger partial charge in [-0.1, -0.05) is 18.9 Å². The third-order valence-corrected chi connectivity index (χ3v) is 4.93. The monoisotopic (exact) mass is 290 g/mol. The topological polar surface area (TPSA) is 55.8 Å². The van der Waals surface area contributed by atoms with E-state index in [0.717, 1.165) is 31.2 Å². The van der Waals surface area contributed by atoms with E-state index in [-0.39, 0.29) is 6.10 Å². The fraction of sp³-hybridized carbons (Fsp3) is 0.588. The van der Waals surface area contributed by atoms with Gasteiger partial charge in [0.25, 0.3) is 0 Å². The summed E-state index contributed by atoms with van der Waals surface area (Å²) in [7, 11) is 1.62. The van der Waals surface area contributed by atoms with E-state index in [1.54, 1.807) is 7.11 Å². The van der Waals surface area contributed by atoms with E-state index < -0.39 is 11.4 Å². The van der Waals surface area contributed by atoms with Gasteiger partial charge in [0.15, 0.2) is 11.5 Å². The number of methoxy groups -OCH3 is 1. The molecule has 0 bridgehead atoms. The van der Waals surface area contributed by atoms with E-state index in [4.69, 9.17) is 9.47 Å². The molecule has 0 radical (unpaired) electrons. The highest BCUT2D eigenvalue weighted by molar-refractivity contribution is 5.82. The predicted octanol–water partition coefficient (Wildman–Crippen LogP) is 3.52. The highest BCUT2D eigenvalue weighted by atomic mass is 16.5. The summed E-state index contributed by atoms with van der Waals surface area (Å²) in [6, 6.07) is 5.61. The smallest absolute Gasteiger partial charge is 0.314 e. The molecular formula is C17H22O4. The zero-order chi connectivity index (χ0) is 14.9. The van der Waals surface area contributed by atoms with Crippen molar-refractivity contribution < 1.29 is 19.4 Å². The average Bonchev–Trinajstić information content (AvgIpc) is 2.93. The molecule has 0 atom stereocenters. The number of aliphatic carboxylic acids is 1. The first-order chi connectivity index (χ1) is 10.2. The molecule has 2 fully saturated rings. The second-order valence-corrected chi connectivity index (χ2v) is 6.13. The van der Waals surface area contributed by atoms with Crippen LogP contribution < -0.4 is 9.47 Å². The van der Waals surface area contributed by atoms with Gasteiger partial charge < -0.3 is 14.6 Å². The molecule has 4 nitrogen and oxygen atoms in total. The van der Waals surface area contributed by atoms with Gasteiger partial charge in [-0.3, -0.25) is 4.79 Å². The highest BCUT2D eigenvalue weighted by Crippen LogP contribution is 2.44. The Morgan fingerprint density at radius 2 is 1.90 bits per heavy atom. The van der Waals surface area contributed by atoms with Crippen LogP contribution >= 0.6 is 0 Å². The van der Waals surface area contributed by atoms with Crippen molar-refractivity contribution in [2.24, 2.45) is 0 Å². The minimum absolute atomic E-state index is 0.249. The number of carbonyl (C=O) groups is 1. The Morgan fingerprint density at radius 3 is 2.43 bits per heavy atom. The number of benzene rings is 1. The summed E-state index contributed by atoms with van der Waals surface area (Å²) in [6.45, 7) is 0. The van der Waals surface area contributed by atoms with Crippen LogP contribution in [0.5, 0.6) is 11.5 Å². The zero-order valence-corrected chi connectivity index (χ0v) is 12.4. The van der Waals surface area contributed by atoms with Crippen molar-refractivity contribution >= 4 is 5.97 Å². The molecule has 21 heavy (non-hydrogen) atoms. The number of rotatable bonds is 5. The molecule has 1 aromatic rings. The molecule has 4 heteroatoms. The van der Waals surface area contributed by atoms with Crippen molar-refractivity contribution in [3.05, 3.63) is 23.8 Å². The number of hydrogen-bond donors (Lipinski definition) is 1. The predicted molar refractivity (Wildman–Crippen MR) is 79.0 cm³/mol. The number of carboxylic acids is 1. The van der Waals surface area contributed by atoms with E-state index in [2.05, 4.69) is 0 Å². The van der Waals surface area contributed by atoms with Gasteiger partial charge >= 0.3 is 5.97 Å². The van der Waals surface area contributed by atoms with E-state index in [0.29, 0.717) is 24.3 Å². The number of ether oxygens (including phenoxy) is 2. The number of hydrogen-bond acceptors (Lipinski definition) is 3. The summed E-state index contributed by atoms with van der Waals surface area (Å²) in [6.07, 6.45) is 6.93. The molecule has 0 saturated heterocycles. The van der Waals surface area contributed by atoms with Gasteiger partial charge in [0.2, 0.25) is 0 Å². The van der Waals surface area contributed by atoms with Crippen molar-refractivity contribution in [1.29, 1.82) is 0 Å². The first-order valence-corrected chi connectivity index (χ1v) is 7.74. The maximum Gasteiger partial charge on any atom is 0.314 e. The average molecular weight is 290 g/mol. The third kappa shape index (κ3) is 2.47. The van der Waals surface area contributed by atoms with Crippen LogP contribution in [0.2, 0.25) is 0 Å². The molecule has 0 aromatic heterocycles. The summed E-state index contributed by atoms with van der Waals surface area (Å²) in [4.78, 5) is 11.8. The van der Waals surface area contributed by atoms with E-state index >= 15 is 0 Å². The van der Waals surface area contributed by atoms with Gasteiger partial charge in [-0.05, 0) is 49.8 Å². The number of carboxylic acid groups (broad SMARTS) is 1. The fourth-order valence-electron chi connectivity index (χ4n) is 3.34. The quantitative estimate of drug-likeness (QED) is 0.901.